The third kappa shape index (κ3) is 2.70. The Morgan fingerprint density at radius 1 is 1.29 bits per heavy atom. The van der Waals surface area contributed by atoms with E-state index in [1.54, 1.807) is 13.0 Å². The van der Waals surface area contributed by atoms with Crippen LogP contribution in [-0.4, -0.2) is 11.2 Å². The molecule has 1 rings (SSSR count). The van der Waals surface area contributed by atoms with E-state index >= 15 is 0 Å². The number of ether oxygens (including phenoxy) is 1. The Kier molecular flexibility index (Phi) is 3.47. The maximum absolute atomic E-state index is 13.3. The quantitative estimate of drug-likeness (QED) is 0.809. The fourth-order valence-electron chi connectivity index (χ4n) is 1.13. The molecule has 0 saturated carbocycles. The molecule has 1 atom stereocenters. The molecule has 1 N–H and O–H groups in total. The second-order valence-corrected chi connectivity index (χ2v) is 3.53. The van der Waals surface area contributed by atoms with Gasteiger partial charge in [-0.05, 0) is 38.5 Å². The Morgan fingerprint density at radius 3 is 2.36 bits per heavy atom. The maximum atomic E-state index is 13.3. The summed E-state index contributed by atoms with van der Waals surface area (Å²) in [6, 6.07) is 4.49. The lowest BCUT2D eigenvalue weighted by atomic mass is 10.1. The summed E-state index contributed by atoms with van der Waals surface area (Å²) in [4.78, 5) is 0. The topological polar surface area (TPSA) is 29.5 Å². The highest BCUT2D eigenvalue weighted by molar-refractivity contribution is 5.30. The van der Waals surface area contributed by atoms with Crippen LogP contribution >= 0.6 is 0 Å². The molecule has 0 unspecified atom stereocenters. The van der Waals surface area contributed by atoms with E-state index in [9.17, 15) is 9.50 Å². The van der Waals surface area contributed by atoms with Crippen molar-refractivity contribution in [1.82, 2.24) is 0 Å². The molecular formula is C11H15FO2. The minimum Gasteiger partial charge on any atom is -0.488 e. The zero-order valence-electron chi connectivity index (χ0n) is 8.62. The molecule has 78 valence electrons. The van der Waals surface area contributed by atoms with Crippen LogP contribution in [0.3, 0.4) is 0 Å². The van der Waals surface area contributed by atoms with Crippen molar-refractivity contribution in [2.75, 3.05) is 0 Å². The van der Waals surface area contributed by atoms with Gasteiger partial charge >= 0.3 is 0 Å². The zero-order valence-corrected chi connectivity index (χ0v) is 8.62. The zero-order chi connectivity index (χ0) is 10.7. The Labute approximate surface area is 83.3 Å². The van der Waals surface area contributed by atoms with E-state index in [1.165, 1.54) is 12.1 Å². The summed E-state index contributed by atoms with van der Waals surface area (Å²) < 4.78 is 18.6. The fraction of sp³-hybridized carbons (Fsp3) is 0.455. The van der Waals surface area contributed by atoms with E-state index in [1.807, 2.05) is 13.8 Å². The molecule has 14 heavy (non-hydrogen) atoms. The third-order valence-corrected chi connectivity index (χ3v) is 1.80. The Bertz CT molecular complexity index is 308. The summed E-state index contributed by atoms with van der Waals surface area (Å²) in [5.41, 5.74) is 0.554. The minimum absolute atomic E-state index is 0.0538. The molecule has 0 radical (unpaired) electrons. The van der Waals surface area contributed by atoms with Crippen molar-refractivity contribution in [2.24, 2.45) is 0 Å². The largest absolute Gasteiger partial charge is 0.488 e. The van der Waals surface area contributed by atoms with Crippen LogP contribution in [0.25, 0.3) is 0 Å². The van der Waals surface area contributed by atoms with Crippen molar-refractivity contribution in [1.29, 1.82) is 0 Å². The van der Waals surface area contributed by atoms with Gasteiger partial charge in [0.15, 0.2) is 11.6 Å². The van der Waals surface area contributed by atoms with Gasteiger partial charge < -0.3 is 9.84 Å². The van der Waals surface area contributed by atoms with E-state index < -0.39 is 11.9 Å². The summed E-state index contributed by atoms with van der Waals surface area (Å²) in [6.07, 6.45) is -0.709. The second kappa shape index (κ2) is 4.42. The van der Waals surface area contributed by atoms with Gasteiger partial charge in [0.1, 0.15) is 0 Å². The van der Waals surface area contributed by atoms with Gasteiger partial charge in [-0.25, -0.2) is 4.39 Å². The molecule has 0 spiro atoms. The van der Waals surface area contributed by atoms with E-state index in [4.69, 9.17) is 4.74 Å². The number of hydrogen-bond donors (Lipinski definition) is 1. The minimum atomic E-state index is -0.655. The molecule has 0 aromatic heterocycles. The van der Waals surface area contributed by atoms with E-state index in [2.05, 4.69) is 0 Å². The van der Waals surface area contributed by atoms with Crippen molar-refractivity contribution in [3.63, 3.8) is 0 Å². The number of aliphatic hydroxyl groups excluding tert-OH is 1. The van der Waals surface area contributed by atoms with E-state index in [-0.39, 0.29) is 11.9 Å². The first kappa shape index (κ1) is 11.0. The summed E-state index contributed by atoms with van der Waals surface area (Å²) in [6.45, 7) is 5.27. The van der Waals surface area contributed by atoms with Crippen molar-refractivity contribution in [3.8, 4) is 5.75 Å². The van der Waals surface area contributed by atoms with Crippen LogP contribution in [0.1, 0.15) is 32.4 Å². The van der Waals surface area contributed by atoms with Crippen LogP contribution < -0.4 is 4.74 Å². The highest BCUT2D eigenvalue weighted by atomic mass is 19.1. The molecule has 0 aliphatic heterocycles. The van der Waals surface area contributed by atoms with Crippen molar-refractivity contribution >= 4 is 0 Å². The fourth-order valence-corrected chi connectivity index (χ4v) is 1.13. The smallest absolute Gasteiger partial charge is 0.165 e. The van der Waals surface area contributed by atoms with Crippen LogP contribution in [-0.2, 0) is 0 Å². The number of halogens is 1. The Balaban J connectivity index is 2.90. The molecule has 0 heterocycles. The van der Waals surface area contributed by atoms with Crippen LogP contribution in [0.2, 0.25) is 0 Å². The van der Waals surface area contributed by atoms with Crippen molar-refractivity contribution in [3.05, 3.63) is 29.6 Å². The summed E-state index contributed by atoms with van der Waals surface area (Å²) in [5.74, 6) is -0.207. The van der Waals surface area contributed by atoms with Gasteiger partial charge in [0.05, 0.1) is 12.2 Å². The summed E-state index contributed by atoms with van der Waals surface area (Å²) >= 11 is 0. The Hall–Kier alpha value is -1.09. The molecule has 0 fully saturated rings. The Morgan fingerprint density at radius 2 is 1.93 bits per heavy atom. The number of aliphatic hydroxyl groups is 1. The predicted molar refractivity (Wildman–Crippen MR) is 52.8 cm³/mol. The van der Waals surface area contributed by atoms with Crippen molar-refractivity contribution in [2.45, 2.75) is 33.0 Å². The average molecular weight is 198 g/mol. The van der Waals surface area contributed by atoms with Crippen LogP contribution in [0.4, 0.5) is 4.39 Å². The van der Waals surface area contributed by atoms with Gasteiger partial charge in [0.25, 0.3) is 0 Å². The van der Waals surface area contributed by atoms with Gasteiger partial charge in [-0.15, -0.1) is 0 Å². The molecule has 0 amide bonds. The highest BCUT2D eigenvalue weighted by Gasteiger charge is 2.08. The molecule has 1 aromatic rings. The van der Waals surface area contributed by atoms with Gasteiger partial charge in [-0.1, -0.05) is 6.07 Å². The average Bonchev–Trinajstić information content (AvgIpc) is 2.07. The lowest BCUT2D eigenvalue weighted by Gasteiger charge is -2.12. The first-order valence-corrected chi connectivity index (χ1v) is 4.65. The van der Waals surface area contributed by atoms with Crippen molar-refractivity contribution < 1.29 is 14.2 Å². The lowest BCUT2D eigenvalue weighted by Crippen LogP contribution is -2.07. The maximum Gasteiger partial charge on any atom is 0.165 e. The SMILES string of the molecule is CC(C)Oc1ccc([C@H](C)O)cc1F. The standard InChI is InChI=1S/C11H15FO2/c1-7(2)14-11-5-4-9(8(3)13)6-10(11)12/h4-8,13H,1-3H3/t8-/m0/s1. The summed E-state index contributed by atoms with van der Waals surface area (Å²) in [7, 11) is 0. The van der Waals surface area contributed by atoms with E-state index in [0.717, 1.165) is 0 Å². The molecule has 2 nitrogen and oxygen atoms in total. The normalized spacial score (nSPS) is 13.0. The molecule has 0 bridgehead atoms. The predicted octanol–water partition coefficient (Wildman–Crippen LogP) is 2.67. The molecule has 0 saturated heterocycles. The third-order valence-electron chi connectivity index (χ3n) is 1.80. The lowest BCUT2D eigenvalue weighted by molar-refractivity contribution is 0.197. The molecule has 0 aliphatic carbocycles. The second-order valence-electron chi connectivity index (χ2n) is 3.53. The van der Waals surface area contributed by atoms with Gasteiger partial charge in [0.2, 0.25) is 0 Å². The van der Waals surface area contributed by atoms with Gasteiger partial charge in [0, 0.05) is 0 Å². The van der Waals surface area contributed by atoms with Crippen LogP contribution in [0.5, 0.6) is 5.75 Å². The van der Waals surface area contributed by atoms with Crippen LogP contribution in [0, 0.1) is 5.82 Å². The first-order valence-electron chi connectivity index (χ1n) is 4.65. The van der Waals surface area contributed by atoms with E-state index in [0.29, 0.717) is 5.56 Å². The summed E-state index contributed by atoms with van der Waals surface area (Å²) in [5, 5.41) is 9.21. The number of hydrogen-bond acceptors (Lipinski definition) is 2. The molecule has 0 aliphatic rings. The number of benzene rings is 1. The number of rotatable bonds is 3. The van der Waals surface area contributed by atoms with Gasteiger partial charge in [-0.3, -0.25) is 0 Å². The molecule has 3 heteroatoms. The first-order chi connectivity index (χ1) is 6.50. The molecular weight excluding hydrogens is 183 g/mol. The monoisotopic (exact) mass is 198 g/mol. The van der Waals surface area contributed by atoms with Gasteiger partial charge in [-0.2, -0.15) is 0 Å². The van der Waals surface area contributed by atoms with Crippen LogP contribution in [0.15, 0.2) is 18.2 Å². The molecule has 1 aromatic carbocycles. The highest BCUT2D eigenvalue weighted by Crippen LogP contribution is 2.22.